The van der Waals surface area contributed by atoms with E-state index in [-0.39, 0.29) is 26.6 Å². The Morgan fingerprint density at radius 3 is 2.46 bits per heavy atom. The Hall–Kier alpha value is -2.43. The highest BCUT2D eigenvalue weighted by molar-refractivity contribution is 9.10. The van der Waals surface area contributed by atoms with Crippen molar-refractivity contribution in [2.75, 3.05) is 18.4 Å². The third kappa shape index (κ3) is 3.89. The number of carboxylic acid groups (broad SMARTS) is 1. The van der Waals surface area contributed by atoms with E-state index in [1.54, 1.807) is 23.1 Å². The smallest absolute Gasteiger partial charge is 0.357 e. The van der Waals surface area contributed by atoms with Gasteiger partial charge < -0.3 is 16.2 Å². The molecule has 1 fully saturated rings. The summed E-state index contributed by atoms with van der Waals surface area (Å²) in [4.78, 5) is 38.2. The first-order valence-electron chi connectivity index (χ1n) is 8.41. The van der Waals surface area contributed by atoms with Gasteiger partial charge in [0.15, 0.2) is 11.9 Å². The molecule has 2 amide bonds. The van der Waals surface area contributed by atoms with Crippen LogP contribution in [-0.2, 0) is 4.79 Å². The molecule has 2 aromatic rings. The van der Waals surface area contributed by atoms with Crippen LogP contribution in [0.3, 0.4) is 0 Å². The van der Waals surface area contributed by atoms with Crippen molar-refractivity contribution >= 4 is 51.1 Å². The van der Waals surface area contributed by atoms with E-state index in [4.69, 9.17) is 17.3 Å². The molecule has 2 heterocycles. The molecule has 1 saturated heterocycles. The molecule has 28 heavy (non-hydrogen) atoms. The second-order valence-electron chi connectivity index (χ2n) is 6.21. The van der Waals surface area contributed by atoms with Gasteiger partial charge in [0.05, 0.1) is 15.1 Å². The second kappa shape index (κ2) is 8.29. The van der Waals surface area contributed by atoms with Crippen LogP contribution in [0.1, 0.15) is 39.9 Å². The van der Waals surface area contributed by atoms with Crippen molar-refractivity contribution < 1.29 is 19.5 Å². The van der Waals surface area contributed by atoms with Crippen LogP contribution in [0.15, 0.2) is 28.7 Å². The maximum absolute atomic E-state index is 12.7. The van der Waals surface area contributed by atoms with E-state index in [1.807, 2.05) is 0 Å². The van der Waals surface area contributed by atoms with Gasteiger partial charge in [-0.2, -0.15) is 5.10 Å². The van der Waals surface area contributed by atoms with Crippen molar-refractivity contribution in [1.29, 1.82) is 0 Å². The van der Waals surface area contributed by atoms with Gasteiger partial charge in [0.1, 0.15) is 5.82 Å². The van der Waals surface area contributed by atoms with Gasteiger partial charge in [-0.05, 0) is 40.9 Å². The Morgan fingerprint density at radius 1 is 1.25 bits per heavy atom. The highest BCUT2D eigenvalue weighted by atomic mass is 79.9. The van der Waals surface area contributed by atoms with Crippen LogP contribution < -0.4 is 11.1 Å². The fraction of sp³-hybridized carbons (Fsp3) is 0.294. The molecule has 0 radical (unpaired) electrons. The summed E-state index contributed by atoms with van der Waals surface area (Å²) in [6.07, 6.45) is 0.715. The monoisotopic (exact) mass is 469 g/mol. The molecule has 9 nitrogen and oxygen atoms in total. The van der Waals surface area contributed by atoms with Gasteiger partial charge in [-0.1, -0.05) is 23.7 Å². The SMILES string of the molecule is NC(=O)C(N1CCCC1)n1nc(C(=O)O)c(Br)c1NC(=O)c1ccccc1Cl. The van der Waals surface area contributed by atoms with Crippen LogP contribution in [0.2, 0.25) is 5.02 Å². The second-order valence-corrected chi connectivity index (χ2v) is 7.41. The molecule has 11 heteroatoms. The van der Waals surface area contributed by atoms with Crippen molar-refractivity contribution in [2.24, 2.45) is 5.73 Å². The average molecular weight is 471 g/mol. The number of hydrogen-bond donors (Lipinski definition) is 3. The lowest BCUT2D eigenvalue weighted by molar-refractivity contribution is -0.126. The molecule has 1 aliphatic rings. The lowest BCUT2D eigenvalue weighted by atomic mass is 10.2. The first-order valence-corrected chi connectivity index (χ1v) is 9.59. The summed E-state index contributed by atoms with van der Waals surface area (Å²) in [5.41, 5.74) is 5.43. The molecule has 0 saturated carbocycles. The molecule has 1 atom stereocenters. The van der Waals surface area contributed by atoms with Crippen molar-refractivity contribution in [3.8, 4) is 0 Å². The molecule has 148 valence electrons. The van der Waals surface area contributed by atoms with E-state index >= 15 is 0 Å². The summed E-state index contributed by atoms with van der Waals surface area (Å²) in [6.45, 7) is 1.21. The summed E-state index contributed by atoms with van der Waals surface area (Å²) in [6, 6.07) is 6.41. The molecule has 1 unspecified atom stereocenters. The summed E-state index contributed by atoms with van der Waals surface area (Å²) >= 11 is 9.23. The fourth-order valence-electron chi connectivity index (χ4n) is 3.10. The maximum atomic E-state index is 12.7. The number of aromatic carboxylic acids is 1. The number of primary amides is 1. The van der Waals surface area contributed by atoms with E-state index in [9.17, 15) is 19.5 Å². The quantitative estimate of drug-likeness (QED) is 0.594. The van der Waals surface area contributed by atoms with Crippen molar-refractivity contribution in [3.05, 3.63) is 45.0 Å². The first-order chi connectivity index (χ1) is 13.3. The number of benzene rings is 1. The van der Waals surface area contributed by atoms with Gasteiger partial charge in [0.2, 0.25) is 0 Å². The maximum Gasteiger partial charge on any atom is 0.357 e. The number of carbonyl (C=O) groups is 3. The van der Waals surface area contributed by atoms with E-state index in [0.717, 1.165) is 17.5 Å². The zero-order chi connectivity index (χ0) is 20.4. The molecule has 1 aromatic carbocycles. The van der Waals surface area contributed by atoms with E-state index in [0.29, 0.717) is 13.1 Å². The van der Waals surface area contributed by atoms with Crippen LogP contribution in [0, 0.1) is 0 Å². The van der Waals surface area contributed by atoms with Gasteiger partial charge in [0, 0.05) is 13.1 Å². The normalized spacial score (nSPS) is 15.4. The number of amides is 2. The van der Waals surface area contributed by atoms with Crippen LogP contribution in [0.5, 0.6) is 0 Å². The van der Waals surface area contributed by atoms with Crippen LogP contribution in [0.25, 0.3) is 0 Å². The Labute approximate surface area is 173 Å². The molecule has 1 aliphatic heterocycles. The number of nitrogens with one attached hydrogen (secondary N) is 1. The lowest BCUT2D eigenvalue weighted by Gasteiger charge is -2.26. The number of carbonyl (C=O) groups excluding carboxylic acids is 2. The third-order valence-corrected chi connectivity index (χ3v) is 5.46. The zero-order valence-corrected chi connectivity index (χ0v) is 16.9. The van der Waals surface area contributed by atoms with Crippen LogP contribution >= 0.6 is 27.5 Å². The number of likely N-dealkylation sites (tertiary alicyclic amines) is 1. The Balaban J connectivity index is 2.06. The number of rotatable bonds is 6. The number of nitrogens with two attached hydrogens (primary N) is 1. The number of anilines is 1. The highest BCUT2D eigenvalue weighted by Gasteiger charge is 2.34. The summed E-state index contributed by atoms with van der Waals surface area (Å²) in [5.74, 6) is -2.59. The molecule has 3 rings (SSSR count). The molecule has 0 bridgehead atoms. The highest BCUT2D eigenvalue weighted by Crippen LogP contribution is 2.32. The molecule has 1 aromatic heterocycles. The largest absolute Gasteiger partial charge is 0.476 e. The zero-order valence-electron chi connectivity index (χ0n) is 14.6. The number of carboxylic acids is 1. The van der Waals surface area contributed by atoms with Gasteiger partial charge in [0.25, 0.3) is 11.8 Å². The first kappa shape index (κ1) is 20.3. The number of aromatic nitrogens is 2. The van der Waals surface area contributed by atoms with E-state index in [1.165, 1.54) is 6.07 Å². The summed E-state index contributed by atoms with van der Waals surface area (Å²) in [7, 11) is 0. The number of hydrogen-bond acceptors (Lipinski definition) is 5. The van der Waals surface area contributed by atoms with Gasteiger partial charge in [-0.15, -0.1) is 0 Å². The van der Waals surface area contributed by atoms with Crippen molar-refractivity contribution in [1.82, 2.24) is 14.7 Å². The fourth-order valence-corrected chi connectivity index (χ4v) is 3.85. The van der Waals surface area contributed by atoms with Gasteiger partial charge >= 0.3 is 5.97 Å². The predicted octanol–water partition coefficient (Wildman–Crippen LogP) is 2.33. The van der Waals surface area contributed by atoms with Crippen molar-refractivity contribution in [3.63, 3.8) is 0 Å². The number of nitrogens with zero attached hydrogens (tertiary/aromatic N) is 3. The number of halogens is 2. The van der Waals surface area contributed by atoms with Crippen molar-refractivity contribution in [2.45, 2.75) is 19.0 Å². The minimum absolute atomic E-state index is 0.0121. The van der Waals surface area contributed by atoms with Gasteiger partial charge in [-0.25, -0.2) is 9.48 Å². The average Bonchev–Trinajstić information content (AvgIpc) is 3.26. The van der Waals surface area contributed by atoms with E-state index < -0.39 is 23.9 Å². The Bertz CT molecular complexity index is 942. The lowest BCUT2D eigenvalue weighted by Crippen LogP contribution is -2.41. The summed E-state index contributed by atoms with van der Waals surface area (Å²) in [5, 5.41) is 16.3. The summed E-state index contributed by atoms with van der Waals surface area (Å²) < 4.78 is 1.17. The van der Waals surface area contributed by atoms with Gasteiger partial charge in [-0.3, -0.25) is 14.5 Å². The molecule has 0 aliphatic carbocycles. The Kier molecular flexibility index (Phi) is 6.01. The molecule has 0 spiro atoms. The molecular weight excluding hydrogens is 454 g/mol. The van der Waals surface area contributed by atoms with Crippen LogP contribution in [-0.4, -0.2) is 50.7 Å². The Morgan fingerprint density at radius 2 is 1.89 bits per heavy atom. The predicted molar refractivity (Wildman–Crippen MR) is 105 cm³/mol. The molecule has 4 N–H and O–H groups in total. The standard InChI is InChI=1S/C17H17BrClN5O4/c18-11-12(17(27)28)22-24(16(13(20)25)23-7-3-4-8-23)14(11)21-15(26)9-5-1-2-6-10(9)19/h1-2,5-6,16H,3-4,7-8H2,(H2,20,25)(H,21,26)(H,27,28). The molecular formula is C17H17BrClN5O4. The van der Waals surface area contributed by atoms with Crippen LogP contribution in [0.4, 0.5) is 5.82 Å². The third-order valence-electron chi connectivity index (χ3n) is 4.38. The topological polar surface area (TPSA) is 131 Å². The minimum Gasteiger partial charge on any atom is -0.476 e. The minimum atomic E-state index is -1.32. The van der Waals surface area contributed by atoms with E-state index in [2.05, 4.69) is 26.3 Å².